The van der Waals surface area contributed by atoms with Gasteiger partial charge in [0.25, 0.3) is 17.7 Å². The summed E-state index contributed by atoms with van der Waals surface area (Å²) < 4.78 is 46.3. The van der Waals surface area contributed by atoms with Gasteiger partial charge in [-0.1, -0.05) is 0 Å². The van der Waals surface area contributed by atoms with Gasteiger partial charge in [-0.25, -0.2) is 0 Å². The number of hydrogen-bond donors (Lipinski definition) is 4. The molecule has 0 aliphatic carbocycles. The monoisotopic (exact) mass is 961 g/mol. The Kier molecular flexibility index (Phi) is 17.2. The molecule has 3 amide bonds. The molecule has 0 fully saturated rings. The highest BCUT2D eigenvalue weighted by Crippen LogP contribution is 2.42. The van der Waals surface area contributed by atoms with Gasteiger partial charge in [0, 0.05) is 78.1 Å². The predicted molar refractivity (Wildman–Crippen MR) is 228 cm³/mol. The number of carbonyl (C=O) groups is 11. The fourth-order valence-corrected chi connectivity index (χ4v) is 5.46. The van der Waals surface area contributed by atoms with Crippen molar-refractivity contribution < 1.29 is 100 Å². The highest BCUT2D eigenvalue weighted by molar-refractivity contribution is 6.08. The first-order valence-electron chi connectivity index (χ1n) is 19.5. The Morgan fingerprint density at radius 3 is 0.899 bits per heavy atom. The van der Waals surface area contributed by atoms with E-state index < -0.39 is 158 Å². The third kappa shape index (κ3) is 15.4. The van der Waals surface area contributed by atoms with Crippen LogP contribution in [-0.2, 0) is 38.4 Å². The Morgan fingerprint density at radius 1 is 0.391 bits per heavy atom. The van der Waals surface area contributed by atoms with Crippen LogP contribution in [0.2, 0.25) is 0 Å². The molecule has 26 heteroatoms. The van der Waals surface area contributed by atoms with E-state index in [2.05, 4.69) is 25.9 Å². The van der Waals surface area contributed by atoms with Gasteiger partial charge in [0.2, 0.25) is 23.2 Å². The number of benzene rings is 3. The number of aromatic nitrogens is 2. The summed E-state index contributed by atoms with van der Waals surface area (Å²) in [4.78, 5) is 146. The molecule has 4 aromatic rings. The van der Waals surface area contributed by atoms with Crippen molar-refractivity contribution in [3.63, 3.8) is 0 Å². The van der Waals surface area contributed by atoms with Crippen molar-refractivity contribution in [3.05, 3.63) is 59.2 Å². The second-order valence-electron chi connectivity index (χ2n) is 13.7. The number of hydrogen-bond acceptors (Lipinski definition) is 23. The quantitative estimate of drug-likeness (QED) is 0.0710. The molecule has 0 radical (unpaired) electrons. The summed E-state index contributed by atoms with van der Waals surface area (Å²) in [5.74, 6) is -17.3. The van der Waals surface area contributed by atoms with Crippen molar-refractivity contribution in [2.75, 3.05) is 16.0 Å². The third-order valence-electron chi connectivity index (χ3n) is 7.59. The Balaban J connectivity index is 1.90. The van der Waals surface area contributed by atoms with Gasteiger partial charge in [0.05, 0.1) is 0 Å². The maximum atomic E-state index is 13.9. The summed E-state index contributed by atoms with van der Waals surface area (Å²) >= 11 is 0. The Morgan fingerprint density at radius 2 is 0.638 bits per heavy atom. The topological polar surface area (TPSA) is 353 Å². The second kappa shape index (κ2) is 22.7. The molecule has 1 heterocycles. The van der Waals surface area contributed by atoms with E-state index in [9.17, 15) is 57.8 Å². The average molecular weight is 962 g/mol. The molecule has 1 unspecified atom stereocenters. The molecule has 3 aromatic carbocycles. The van der Waals surface area contributed by atoms with E-state index >= 15 is 0 Å². The zero-order chi connectivity index (χ0) is 51.4. The van der Waals surface area contributed by atoms with Crippen molar-refractivity contribution in [1.29, 1.82) is 0 Å². The van der Waals surface area contributed by atoms with Crippen LogP contribution in [0, 0.1) is 0 Å². The summed E-state index contributed by atoms with van der Waals surface area (Å²) in [6, 6.07) is 6.60. The third-order valence-corrected chi connectivity index (χ3v) is 7.59. The van der Waals surface area contributed by atoms with Gasteiger partial charge in [0.15, 0.2) is 40.8 Å². The summed E-state index contributed by atoms with van der Waals surface area (Å²) in [6.45, 7) is 9.09. The van der Waals surface area contributed by atoms with E-state index in [1.54, 1.807) is 0 Å². The number of aliphatic hydroxyl groups is 1. The van der Waals surface area contributed by atoms with Gasteiger partial charge in [-0.2, -0.15) is 9.97 Å². The van der Waals surface area contributed by atoms with Gasteiger partial charge in [0.1, 0.15) is 11.6 Å². The van der Waals surface area contributed by atoms with Gasteiger partial charge in [-0.15, -0.1) is 0 Å². The molecule has 362 valence electrons. The lowest BCUT2D eigenvalue weighted by molar-refractivity contribution is -0.135. The number of anilines is 3. The molecule has 0 aliphatic heterocycles. The lowest BCUT2D eigenvalue weighted by Gasteiger charge is -2.17. The number of carbonyl (C=O) groups excluding carboxylic acids is 11. The number of amides is 3. The summed E-state index contributed by atoms with van der Waals surface area (Å²) in [5.41, 5.74) is -1.25. The number of rotatable bonds is 16. The fraction of sp³-hybridized carbons (Fsp3) is 0.233. The van der Waals surface area contributed by atoms with E-state index in [1.807, 2.05) is 0 Å². The fourth-order valence-electron chi connectivity index (χ4n) is 5.46. The molecular formula is C43H39N5O21. The SMILES string of the molecule is CC(=O)Oc1cc(C(=O)Nc2cc(NC(=O)c3cc(OC(C)=O)c(OC(C)=O)c(OC(C)=O)c3)nc(NC(=O)c3cc(OC(C)=O)c(OC(C)=O)c(OC(C)O)c3)n2)cc(OC(C)=O)c1OC(C)=O. The number of esters is 8. The van der Waals surface area contributed by atoms with Crippen molar-refractivity contribution in [1.82, 2.24) is 9.97 Å². The minimum atomic E-state index is -1.57. The van der Waals surface area contributed by atoms with Crippen LogP contribution in [0.4, 0.5) is 17.6 Å². The van der Waals surface area contributed by atoms with Crippen LogP contribution in [0.5, 0.6) is 51.7 Å². The Hall–Kier alpha value is -9.33. The maximum Gasteiger partial charge on any atom is 0.308 e. The molecule has 0 spiro atoms. The summed E-state index contributed by atoms with van der Waals surface area (Å²) in [7, 11) is 0. The molecule has 4 N–H and O–H groups in total. The normalized spacial score (nSPS) is 10.8. The van der Waals surface area contributed by atoms with Crippen molar-refractivity contribution >= 4 is 83.1 Å². The first-order valence-corrected chi connectivity index (χ1v) is 19.5. The maximum absolute atomic E-state index is 13.9. The predicted octanol–water partition coefficient (Wildman–Crippen LogP) is 3.35. The van der Waals surface area contributed by atoms with Gasteiger partial charge >= 0.3 is 47.8 Å². The second-order valence-corrected chi connectivity index (χ2v) is 13.7. The van der Waals surface area contributed by atoms with Crippen LogP contribution < -0.4 is 58.6 Å². The van der Waals surface area contributed by atoms with Crippen molar-refractivity contribution in [2.24, 2.45) is 0 Å². The summed E-state index contributed by atoms with van der Waals surface area (Å²) in [5, 5.41) is 17.0. The first kappa shape index (κ1) is 52.3. The zero-order valence-corrected chi connectivity index (χ0v) is 37.6. The van der Waals surface area contributed by atoms with E-state index in [0.29, 0.717) is 0 Å². The smallest absolute Gasteiger partial charge is 0.308 e. The van der Waals surface area contributed by atoms with Crippen LogP contribution in [0.15, 0.2) is 42.5 Å². The molecule has 26 nitrogen and oxygen atoms in total. The lowest BCUT2D eigenvalue weighted by Crippen LogP contribution is -2.20. The molecule has 1 atom stereocenters. The van der Waals surface area contributed by atoms with Crippen LogP contribution in [-0.4, -0.2) is 86.8 Å². The molecule has 0 saturated heterocycles. The van der Waals surface area contributed by atoms with E-state index in [4.69, 9.17) is 42.6 Å². The molecule has 4 rings (SSSR count). The molecule has 1 aromatic heterocycles. The van der Waals surface area contributed by atoms with E-state index in [1.165, 1.54) is 6.92 Å². The summed E-state index contributed by atoms with van der Waals surface area (Å²) in [6.07, 6.45) is -1.57. The molecule has 69 heavy (non-hydrogen) atoms. The molecular weight excluding hydrogens is 922 g/mol. The molecule has 0 bridgehead atoms. The van der Waals surface area contributed by atoms with E-state index in [0.717, 1.165) is 97.9 Å². The number of ether oxygens (including phenoxy) is 9. The van der Waals surface area contributed by atoms with Crippen molar-refractivity contribution in [2.45, 2.75) is 68.6 Å². The Labute approximate surface area is 388 Å². The van der Waals surface area contributed by atoms with Crippen LogP contribution >= 0.6 is 0 Å². The van der Waals surface area contributed by atoms with Crippen LogP contribution in [0.25, 0.3) is 0 Å². The van der Waals surface area contributed by atoms with E-state index in [-0.39, 0.29) is 0 Å². The van der Waals surface area contributed by atoms with Crippen LogP contribution in [0.1, 0.15) is 93.4 Å². The number of nitrogens with one attached hydrogen (secondary N) is 3. The average Bonchev–Trinajstić information content (AvgIpc) is 3.19. The Bertz CT molecular complexity index is 2610. The minimum Gasteiger partial charge on any atom is -0.461 e. The first-order chi connectivity index (χ1) is 32.3. The standard InChI is InChI=1S/C43H39N5O21/c1-17(49)61-29-10-26(11-30(62-18(2)50)37(29)67-23(7)55)40(58)44-35-16-36(45-41(59)27-12-31(63-19(3)51)38(68-24(8)56)32(13-27)64-20(4)52)47-43(46-35)48-42(60)28-14-33(65-21(5)53)39(69-25(9)57)34(15-28)66-22(6)54/h10-16,21,53H,1-9H3,(H3,44,45,46,47,48,58,59,60). The largest absolute Gasteiger partial charge is 0.461 e. The van der Waals surface area contributed by atoms with Crippen molar-refractivity contribution in [3.8, 4) is 51.7 Å². The minimum absolute atomic E-state index is 0.408. The zero-order valence-electron chi connectivity index (χ0n) is 37.6. The van der Waals surface area contributed by atoms with Gasteiger partial charge < -0.3 is 58.4 Å². The molecule has 0 aliphatic rings. The number of nitrogens with zero attached hydrogens (tertiary/aromatic N) is 2. The molecule has 0 saturated carbocycles. The van der Waals surface area contributed by atoms with Gasteiger partial charge in [-0.05, 0) is 43.3 Å². The lowest BCUT2D eigenvalue weighted by atomic mass is 10.1. The van der Waals surface area contributed by atoms with Crippen LogP contribution in [0.3, 0.4) is 0 Å². The highest BCUT2D eigenvalue weighted by Gasteiger charge is 2.27. The number of aliphatic hydroxyl groups excluding tert-OH is 1. The highest BCUT2D eigenvalue weighted by atomic mass is 16.6. The van der Waals surface area contributed by atoms with Gasteiger partial charge in [-0.3, -0.25) is 58.1 Å².